The van der Waals surface area contributed by atoms with Gasteiger partial charge in [-0.3, -0.25) is 0 Å². The van der Waals surface area contributed by atoms with Gasteiger partial charge in [0.25, 0.3) is 0 Å². The molecule has 0 amide bonds. The second-order valence-corrected chi connectivity index (χ2v) is 3.09. The van der Waals surface area contributed by atoms with E-state index in [1.54, 1.807) is 0 Å². The number of halogens is 1. The van der Waals surface area contributed by atoms with Gasteiger partial charge >= 0.3 is 0 Å². The first kappa shape index (κ1) is 11.2. The average molecular weight is 179 g/mol. The van der Waals surface area contributed by atoms with Gasteiger partial charge in [-0.2, -0.15) is 0 Å². The van der Waals surface area contributed by atoms with Crippen molar-refractivity contribution >= 4 is 11.6 Å². The summed E-state index contributed by atoms with van der Waals surface area (Å²) in [6.07, 6.45) is 5.90. The Morgan fingerprint density at radius 2 is 1.73 bits per heavy atom. The van der Waals surface area contributed by atoms with Gasteiger partial charge in [-0.25, -0.2) is 0 Å². The van der Waals surface area contributed by atoms with Crippen LogP contribution in [0.15, 0.2) is 0 Å². The summed E-state index contributed by atoms with van der Waals surface area (Å²) >= 11 is 5.52. The molecule has 11 heavy (non-hydrogen) atoms. The number of hydrogen-bond acceptors (Lipinski definition) is 1. The van der Waals surface area contributed by atoms with E-state index < -0.39 is 0 Å². The summed E-state index contributed by atoms with van der Waals surface area (Å²) in [6, 6.07) is 0. The first-order valence-corrected chi connectivity index (χ1v) is 5.09. The minimum Gasteiger partial charge on any atom is -0.381 e. The van der Waals surface area contributed by atoms with Crippen LogP contribution >= 0.6 is 11.6 Å². The van der Waals surface area contributed by atoms with Crippen LogP contribution in [0.25, 0.3) is 0 Å². The van der Waals surface area contributed by atoms with Gasteiger partial charge in [-0.15, -0.1) is 11.6 Å². The minimum atomic E-state index is 0.787. The van der Waals surface area contributed by atoms with E-state index in [9.17, 15) is 0 Å². The van der Waals surface area contributed by atoms with E-state index in [0.29, 0.717) is 0 Å². The summed E-state index contributed by atoms with van der Waals surface area (Å²) in [6.45, 7) is 4.02. The predicted octanol–water partition coefficient (Wildman–Crippen LogP) is 3.21. The molecule has 0 aromatic heterocycles. The molecule has 0 aliphatic heterocycles. The molecule has 0 saturated heterocycles. The number of hydrogen-bond donors (Lipinski definition) is 0. The molecule has 68 valence electrons. The van der Waals surface area contributed by atoms with Gasteiger partial charge in [-0.1, -0.05) is 13.3 Å². The molecule has 0 rings (SSSR count). The van der Waals surface area contributed by atoms with Crippen molar-refractivity contribution in [2.75, 3.05) is 19.1 Å². The second kappa shape index (κ2) is 10.2. The van der Waals surface area contributed by atoms with E-state index in [-0.39, 0.29) is 0 Å². The molecule has 0 aromatic rings. The van der Waals surface area contributed by atoms with Gasteiger partial charge in [0.1, 0.15) is 0 Å². The minimum absolute atomic E-state index is 0.787. The molecular formula is C9H19ClO. The Balaban J connectivity index is 2.69. The molecule has 0 aromatic carbocycles. The zero-order valence-electron chi connectivity index (χ0n) is 7.44. The lowest BCUT2D eigenvalue weighted by molar-refractivity contribution is 0.127. The molecule has 2 heteroatoms. The van der Waals surface area contributed by atoms with Crippen LogP contribution in [-0.4, -0.2) is 19.1 Å². The molecule has 0 fully saturated rings. The zero-order chi connectivity index (χ0) is 8.36. The first-order valence-electron chi connectivity index (χ1n) is 4.55. The summed E-state index contributed by atoms with van der Waals surface area (Å²) in [7, 11) is 0. The standard InChI is InChI=1S/C9H19ClO/c1-2-3-8-11-9-6-4-5-7-10/h2-9H2,1H3. The van der Waals surface area contributed by atoms with E-state index in [0.717, 1.165) is 31.9 Å². The predicted molar refractivity (Wildman–Crippen MR) is 50.3 cm³/mol. The maximum atomic E-state index is 5.52. The van der Waals surface area contributed by atoms with Crippen LogP contribution in [0.5, 0.6) is 0 Å². The zero-order valence-corrected chi connectivity index (χ0v) is 8.20. The Labute approximate surface area is 75.1 Å². The van der Waals surface area contributed by atoms with Gasteiger partial charge in [0, 0.05) is 19.1 Å². The number of ether oxygens (including phenoxy) is 1. The highest BCUT2D eigenvalue weighted by molar-refractivity contribution is 6.17. The van der Waals surface area contributed by atoms with E-state index in [2.05, 4.69) is 6.92 Å². The summed E-state index contributed by atoms with van der Waals surface area (Å²) in [4.78, 5) is 0. The number of unbranched alkanes of at least 4 members (excludes halogenated alkanes) is 3. The lowest BCUT2D eigenvalue weighted by atomic mass is 10.3. The molecule has 0 unspecified atom stereocenters. The van der Waals surface area contributed by atoms with Crippen molar-refractivity contribution < 1.29 is 4.74 Å². The fraction of sp³-hybridized carbons (Fsp3) is 1.00. The first-order chi connectivity index (χ1) is 5.41. The van der Waals surface area contributed by atoms with Gasteiger partial charge in [-0.05, 0) is 25.7 Å². The van der Waals surface area contributed by atoms with Gasteiger partial charge in [0.15, 0.2) is 0 Å². The van der Waals surface area contributed by atoms with Gasteiger partial charge < -0.3 is 4.74 Å². The third kappa shape index (κ3) is 10.2. The maximum absolute atomic E-state index is 5.52. The Morgan fingerprint density at radius 3 is 2.36 bits per heavy atom. The Bertz CT molecular complexity index is 58.6. The Kier molecular flexibility index (Phi) is 10.5. The fourth-order valence-electron chi connectivity index (χ4n) is 0.824. The van der Waals surface area contributed by atoms with Crippen LogP contribution in [0.4, 0.5) is 0 Å². The highest BCUT2D eigenvalue weighted by atomic mass is 35.5. The Morgan fingerprint density at radius 1 is 1.00 bits per heavy atom. The highest BCUT2D eigenvalue weighted by Gasteiger charge is 1.88. The van der Waals surface area contributed by atoms with E-state index in [1.165, 1.54) is 19.3 Å². The number of rotatable bonds is 8. The quantitative estimate of drug-likeness (QED) is 0.410. The third-order valence-electron chi connectivity index (χ3n) is 1.56. The normalized spacial score (nSPS) is 10.4. The van der Waals surface area contributed by atoms with Crippen molar-refractivity contribution in [3.63, 3.8) is 0 Å². The smallest absolute Gasteiger partial charge is 0.0466 e. The molecule has 0 saturated carbocycles. The maximum Gasteiger partial charge on any atom is 0.0466 e. The summed E-state index contributed by atoms with van der Waals surface area (Å²) in [5.41, 5.74) is 0. The van der Waals surface area contributed by atoms with Crippen LogP contribution in [0.3, 0.4) is 0 Å². The van der Waals surface area contributed by atoms with Crippen molar-refractivity contribution in [1.29, 1.82) is 0 Å². The number of alkyl halides is 1. The van der Waals surface area contributed by atoms with Crippen LogP contribution < -0.4 is 0 Å². The van der Waals surface area contributed by atoms with E-state index in [1.807, 2.05) is 0 Å². The van der Waals surface area contributed by atoms with Crippen molar-refractivity contribution in [1.82, 2.24) is 0 Å². The molecule has 1 nitrogen and oxygen atoms in total. The van der Waals surface area contributed by atoms with Crippen LogP contribution in [0.2, 0.25) is 0 Å². The van der Waals surface area contributed by atoms with Crippen molar-refractivity contribution in [3.05, 3.63) is 0 Å². The largest absolute Gasteiger partial charge is 0.381 e. The molecule has 0 spiro atoms. The molecule has 0 N–H and O–H groups in total. The lowest BCUT2D eigenvalue weighted by Crippen LogP contribution is -1.96. The molecule has 0 bridgehead atoms. The lowest BCUT2D eigenvalue weighted by Gasteiger charge is -2.01. The highest BCUT2D eigenvalue weighted by Crippen LogP contribution is 1.98. The molecule has 0 radical (unpaired) electrons. The van der Waals surface area contributed by atoms with E-state index in [4.69, 9.17) is 16.3 Å². The van der Waals surface area contributed by atoms with Crippen LogP contribution in [0, 0.1) is 0 Å². The fourth-order valence-corrected chi connectivity index (χ4v) is 1.01. The molecule has 0 aliphatic carbocycles. The molecule has 0 atom stereocenters. The molecular weight excluding hydrogens is 160 g/mol. The Hall–Kier alpha value is 0.250. The summed E-state index contributed by atoms with van der Waals surface area (Å²) in [5, 5.41) is 0. The monoisotopic (exact) mass is 178 g/mol. The summed E-state index contributed by atoms with van der Waals surface area (Å²) < 4.78 is 5.38. The van der Waals surface area contributed by atoms with Crippen LogP contribution in [0.1, 0.15) is 39.0 Å². The SMILES string of the molecule is CCCCOCCCCCCl. The summed E-state index contributed by atoms with van der Waals surface area (Å²) in [5.74, 6) is 0.787. The molecule has 0 aliphatic rings. The van der Waals surface area contributed by atoms with Crippen molar-refractivity contribution in [2.45, 2.75) is 39.0 Å². The average Bonchev–Trinajstić information content (AvgIpc) is 2.03. The van der Waals surface area contributed by atoms with Crippen molar-refractivity contribution in [3.8, 4) is 0 Å². The van der Waals surface area contributed by atoms with E-state index >= 15 is 0 Å². The third-order valence-corrected chi connectivity index (χ3v) is 1.83. The second-order valence-electron chi connectivity index (χ2n) is 2.72. The van der Waals surface area contributed by atoms with Gasteiger partial charge in [0.05, 0.1) is 0 Å². The topological polar surface area (TPSA) is 9.23 Å². The van der Waals surface area contributed by atoms with Gasteiger partial charge in [0.2, 0.25) is 0 Å². The van der Waals surface area contributed by atoms with Crippen LogP contribution in [-0.2, 0) is 4.74 Å². The van der Waals surface area contributed by atoms with Crippen molar-refractivity contribution in [2.24, 2.45) is 0 Å². The molecule has 0 heterocycles.